The highest BCUT2D eigenvalue weighted by molar-refractivity contribution is 7.89. The van der Waals surface area contributed by atoms with Gasteiger partial charge in [0.25, 0.3) is 0 Å². The van der Waals surface area contributed by atoms with Gasteiger partial charge in [-0.2, -0.15) is 0 Å². The summed E-state index contributed by atoms with van der Waals surface area (Å²) < 4.78 is 5.55. The zero-order valence-electron chi connectivity index (χ0n) is 19.2. The topological polar surface area (TPSA) is 46.5 Å². The van der Waals surface area contributed by atoms with E-state index in [1.54, 1.807) is 0 Å². The molecule has 2 aromatic rings. The number of hydrogen-bond acceptors (Lipinski definition) is 2. The molecule has 4 heteroatoms. The molecule has 0 heterocycles. The molecule has 1 N–H and O–H groups in total. The molecule has 3 nitrogen and oxygen atoms in total. The van der Waals surface area contributed by atoms with Crippen molar-refractivity contribution in [3.8, 4) is 0 Å². The van der Waals surface area contributed by atoms with Crippen molar-refractivity contribution < 1.29 is 14.6 Å². The summed E-state index contributed by atoms with van der Waals surface area (Å²) >= 11 is 0. The van der Waals surface area contributed by atoms with Gasteiger partial charge in [-0.1, -0.05) is 74.9 Å². The van der Waals surface area contributed by atoms with Crippen molar-refractivity contribution in [3.63, 3.8) is 0 Å². The average Bonchev–Trinajstić information content (AvgIpc) is 2.80. The molecule has 31 heavy (non-hydrogen) atoms. The van der Waals surface area contributed by atoms with E-state index in [0.717, 1.165) is 25.6 Å². The third kappa shape index (κ3) is 9.13. The molecule has 0 aliphatic heterocycles. The van der Waals surface area contributed by atoms with Crippen molar-refractivity contribution in [2.75, 3.05) is 26.0 Å². The van der Waals surface area contributed by atoms with Crippen molar-refractivity contribution >= 4 is 23.8 Å². The Morgan fingerprint density at radius 3 is 1.61 bits per heavy atom. The van der Waals surface area contributed by atoms with Gasteiger partial charge in [-0.3, -0.25) is 4.79 Å². The van der Waals surface area contributed by atoms with E-state index in [-0.39, 0.29) is 0 Å². The van der Waals surface area contributed by atoms with Gasteiger partial charge in [-0.25, -0.2) is 0 Å². The number of benzene rings is 2. The van der Waals surface area contributed by atoms with E-state index >= 15 is 0 Å². The molecule has 0 amide bonds. The predicted octanol–water partition coefficient (Wildman–Crippen LogP) is 6.29. The van der Waals surface area contributed by atoms with Crippen LogP contribution in [0, 0.1) is 0 Å². The second kappa shape index (κ2) is 15.2. The van der Waals surface area contributed by atoms with E-state index in [1.165, 1.54) is 61.7 Å². The van der Waals surface area contributed by atoms with Crippen molar-refractivity contribution in [2.45, 2.75) is 64.2 Å². The molecule has 0 aromatic heterocycles. The Kier molecular flexibility index (Phi) is 12.5. The number of rotatable bonds is 17. The minimum atomic E-state index is -1.47. The van der Waals surface area contributed by atoms with Crippen LogP contribution in [-0.4, -0.2) is 37.1 Å². The Hall–Kier alpha value is -1.70. The van der Waals surface area contributed by atoms with Gasteiger partial charge in [0.05, 0.1) is 36.8 Å². The minimum absolute atomic E-state index is 0.316. The Morgan fingerprint density at radius 2 is 1.16 bits per heavy atom. The normalized spacial score (nSPS) is 11.5. The van der Waals surface area contributed by atoms with Gasteiger partial charge in [0.1, 0.15) is 0 Å². The van der Waals surface area contributed by atoms with Crippen LogP contribution in [0.15, 0.2) is 60.7 Å². The van der Waals surface area contributed by atoms with Gasteiger partial charge in [-0.05, 0) is 43.5 Å². The summed E-state index contributed by atoms with van der Waals surface area (Å²) in [5.74, 6) is -0.671. The molecular weight excluding hydrogens is 403 g/mol. The lowest BCUT2D eigenvalue weighted by Crippen LogP contribution is -2.29. The molecule has 0 saturated heterocycles. The van der Waals surface area contributed by atoms with Crippen molar-refractivity contribution in [1.29, 1.82) is 0 Å². The minimum Gasteiger partial charge on any atom is -0.481 e. The van der Waals surface area contributed by atoms with Gasteiger partial charge < -0.3 is 9.84 Å². The lowest BCUT2D eigenvalue weighted by Gasteiger charge is -2.27. The zero-order chi connectivity index (χ0) is 22.2. The second-order valence-electron chi connectivity index (χ2n) is 8.40. The number of carbonyl (C=O) groups is 1. The fourth-order valence-electron chi connectivity index (χ4n) is 4.35. The summed E-state index contributed by atoms with van der Waals surface area (Å²) in [7, 11) is 0.339. The molecule has 0 fully saturated rings. The maximum absolute atomic E-state index is 10.5. The van der Waals surface area contributed by atoms with E-state index in [1.807, 2.05) is 7.11 Å². The van der Waals surface area contributed by atoms with Gasteiger partial charge in [0.2, 0.25) is 0 Å². The van der Waals surface area contributed by atoms with Crippen LogP contribution in [-0.2, 0) is 9.53 Å². The van der Waals surface area contributed by atoms with Gasteiger partial charge in [-0.15, -0.1) is 0 Å². The summed E-state index contributed by atoms with van der Waals surface area (Å²) in [4.78, 5) is 10.5. The Morgan fingerprint density at radius 1 is 0.710 bits per heavy atom. The fraction of sp³-hybridized carbons (Fsp3) is 0.519. The number of unbranched alkanes of at least 4 members (excludes halogenated alkanes) is 8. The van der Waals surface area contributed by atoms with Crippen LogP contribution in [0.4, 0.5) is 0 Å². The average molecular weight is 444 g/mol. The van der Waals surface area contributed by atoms with E-state index in [9.17, 15) is 4.79 Å². The fourth-order valence-corrected chi connectivity index (χ4v) is 8.64. The van der Waals surface area contributed by atoms with Crippen LogP contribution in [0.1, 0.15) is 64.2 Å². The lowest BCUT2D eigenvalue weighted by molar-refractivity contribution is -0.137. The first kappa shape index (κ1) is 25.6. The van der Waals surface area contributed by atoms with Crippen LogP contribution >= 0.6 is 7.26 Å². The molecule has 170 valence electrons. The maximum Gasteiger partial charge on any atom is 0.303 e. The first-order chi connectivity index (χ1) is 15.2. The van der Waals surface area contributed by atoms with Crippen LogP contribution in [0.25, 0.3) is 0 Å². The monoisotopic (exact) mass is 443 g/mol. The van der Waals surface area contributed by atoms with Crippen LogP contribution in [0.5, 0.6) is 0 Å². The van der Waals surface area contributed by atoms with Crippen molar-refractivity contribution in [2.24, 2.45) is 0 Å². The highest BCUT2D eigenvalue weighted by Gasteiger charge is 2.41. The maximum atomic E-state index is 10.5. The SMILES string of the molecule is COCC[P+](CCCCCCCCCCCC(=O)O)(c1ccccc1)c1ccccc1. The Bertz CT molecular complexity index is 678. The summed E-state index contributed by atoms with van der Waals surface area (Å²) in [5, 5.41) is 11.7. The smallest absolute Gasteiger partial charge is 0.303 e. The summed E-state index contributed by atoms with van der Waals surface area (Å²) in [6, 6.07) is 22.2. The molecule has 0 bridgehead atoms. The van der Waals surface area contributed by atoms with E-state index in [0.29, 0.717) is 6.42 Å². The van der Waals surface area contributed by atoms with Crippen LogP contribution in [0.3, 0.4) is 0 Å². The van der Waals surface area contributed by atoms with Gasteiger partial charge >= 0.3 is 5.97 Å². The molecule has 0 saturated carbocycles. The highest BCUT2D eigenvalue weighted by atomic mass is 31.2. The summed E-state index contributed by atoms with van der Waals surface area (Å²) in [6.07, 6.45) is 13.3. The molecule has 0 unspecified atom stereocenters. The second-order valence-corrected chi connectivity index (χ2v) is 12.3. The molecule has 0 radical (unpaired) electrons. The summed E-state index contributed by atoms with van der Waals surface area (Å²) in [6.45, 7) is 0.805. The Balaban J connectivity index is 1.84. The van der Waals surface area contributed by atoms with E-state index in [4.69, 9.17) is 9.84 Å². The largest absolute Gasteiger partial charge is 0.481 e. The van der Waals surface area contributed by atoms with Crippen molar-refractivity contribution in [3.05, 3.63) is 60.7 Å². The predicted molar refractivity (Wildman–Crippen MR) is 134 cm³/mol. The molecular formula is C27H40O3P+. The number of methoxy groups -OCH3 is 1. The number of carboxylic acids is 1. The highest BCUT2D eigenvalue weighted by Crippen LogP contribution is 2.56. The van der Waals surface area contributed by atoms with E-state index < -0.39 is 13.2 Å². The molecule has 2 aromatic carbocycles. The number of aliphatic carboxylic acids is 1. The molecule has 0 spiro atoms. The van der Waals surface area contributed by atoms with E-state index in [2.05, 4.69) is 60.7 Å². The third-order valence-corrected chi connectivity index (χ3v) is 10.7. The standard InChI is InChI=1S/C27H39O3P/c1-30-22-24-31(25-17-11-9-12-18-25,26-19-13-10-14-20-26)23-16-8-6-4-2-3-5-7-15-21-27(28)29/h9-14,17-20H,2-8,15-16,21-24H2,1H3/p+1. The van der Waals surface area contributed by atoms with Crippen LogP contribution < -0.4 is 10.6 Å². The quantitative estimate of drug-likeness (QED) is 0.231. The third-order valence-electron chi connectivity index (χ3n) is 6.11. The number of ether oxygens (including phenoxy) is 1. The molecule has 0 aliphatic rings. The number of carboxylic acid groups (broad SMARTS) is 1. The first-order valence-electron chi connectivity index (χ1n) is 11.9. The number of hydrogen-bond donors (Lipinski definition) is 1. The summed E-state index contributed by atoms with van der Waals surface area (Å²) in [5.41, 5.74) is 0. The zero-order valence-corrected chi connectivity index (χ0v) is 20.1. The molecule has 2 rings (SSSR count). The first-order valence-corrected chi connectivity index (χ1v) is 14.0. The van der Waals surface area contributed by atoms with Crippen LogP contribution in [0.2, 0.25) is 0 Å². The van der Waals surface area contributed by atoms with Gasteiger partial charge in [0, 0.05) is 13.5 Å². The van der Waals surface area contributed by atoms with Gasteiger partial charge in [0.15, 0.2) is 0 Å². The van der Waals surface area contributed by atoms with Crippen molar-refractivity contribution in [1.82, 2.24) is 0 Å². The lowest BCUT2D eigenvalue weighted by atomic mass is 10.1. The molecule has 0 aliphatic carbocycles. The molecule has 0 atom stereocenters. The Labute approximate surface area is 189 Å².